The Morgan fingerprint density at radius 2 is 2.07 bits per heavy atom. The molecular weight excluding hydrogens is 219 g/mol. The standard InChI is InChI=1S/C7H6F3NO2S/c8-7(9,10)3-5-1-2-6(11-4-5)14(12)13/h1-2,4H,3H2,(H,12,13). The lowest BCUT2D eigenvalue weighted by Crippen LogP contribution is -2.11. The van der Waals surface area contributed by atoms with Gasteiger partial charge in [-0.2, -0.15) is 13.2 Å². The third-order valence-corrected chi connectivity index (χ3v) is 1.98. The molecule has 1 rings (SSSR count). The maximum atomic E-state index is 11.9. The van der Waals surface area contributed by atoms with Crippen molar-refractivity contribution >= 4 is 11.1 Å². The lowest BCUT2D eigenvalue weighted by atomic mass is 10.2. The Morgan fingerprint density at radius 1 is 1.43 bits per heavy atom. The molecule has 0 aliphatic heterocycles. The van der Waals surface area contributed by atoms with Crippen LogP contribution in [0.25, 0.3) is 0 Å². The third kappa shape index (κ3) is 3.43. The van der Waals surface area contributed by atoms with E-state index < -0.39 is 23.7 Å². The number of nitrogens with zero attached hydrogens (tertiary/aromatic N) is 1. The van der Waals surface area contributed by atoms with Crippen molar-refractivity contribution in [3.63, 3.8) is 0 Å². The number of pyridine rings is 1. The second kappa shape index (κ2) is 4.05. The smallest absolute Gasteiger partial charge is 0.301 e. The zero-order valence-corrected chi connectivity index (χ0v) is 7.60. The first-order valence-electron chi connectivity index (χ1n) is 3.51. The Labute approximate surface area is 80.3 Å². The normalized spacial score (nSPS) is 14.0. The van der Waals surface area contributed by atoms with Crippen LogP contribution in [0.15, 0.2) is 23.4 Å². The highest BCUT2D eigenvalue weighted by Crippen LogP contribution is 2.20. The molecule has 0 spiro atoms. The van der Waals surface area contributed by atoms with E-state index in [1.807, 2.05) is 0 Å². The van der Waals surface area contributed by atoms with Crippen molar-refractivity contribution in [2.24, 2.45) is 0 Å². The van der Waals surface area contributed by atoms with E-state index in [1.165, 1.54) is 0 Å². The summed E-state index contributed by atoms with van der Waals surface area (Å²) < 4.78 is 54.5. The van der Waals surface area contributed by atoms with Gasteiger partial charge in [0.25, 0.3) is 0 Å². The van der Waals surface area contributed by atoms with Crippen LogP contribution >= 0.6 is 0 Å². The van der Waals surface area contributed by atoms with Crippen molar-refractivity contribution in [1.29, 1.82) is 0 Å². The highest BCUT2D eigenvalue weighted by atomic mass is 32.2. The Kier molecular flexibility index (Phi) is 3.22. The minimum Gasteiger partial charge on any atom is -0.301 e. The van der Waals surface area contributed by atoms with Gasteiger partial charge < -0.3 is 4.55 Å². The van der Waals surface area contributed by atoms with Crippen LogP contribution in [0, 0.1) is 0 Å². The summed E-state index contributed by atoms with van der Waals surface area (Å²) in [4.78, 5) is 3.41. The molecule has 1 N–H and O–H groups in total. The molecule has 1 heterocycles. The van der Waals surface area contributed by atoms with Gasteiger partial charge in [0.2, 0.25) is 11.1 Å². The maximum Gasteiger partial charge on any atom is 0.393 e. The van der Waals surface area contributed by atoms with Gasteiger partial charge in [0, 0.05) is 6.20 Å². The second-order valence-electron chi connectivity index (χ2n) is 2.55. The highest BCUT2D eigenvalue weighted by molar-refractivity contribution is 7.79. The van der Waals surface area contributed by atoms with Gasteiger partial charge in [-0.1, -0.05) is 6.07 Å². The molecule has 78 valence electrons. The highest BCUT2D eigenvalue weighted by Gasteiger charge is 2.27. The predicted octanol–water partition coefficient (Wildman–Crippen LogP) is 1.77. The van der Waals surface area contributed by atoms with Crippen molar-refractivity contribution in [2.45, 2.75) is 17.6 Å². The fraction of sp³-hybridized carbons (Fsp3) is 0.286. The van der Waals surface area contributed by atoms with Crippen LogP contribution in [0.5, 0.6) is 0 Å². The van der Waals surface area contributed by atoms with Crippen LogP contribution < -0.4 is 0 Å². The Morgan fingerprint density at radius 3 is 2.43 bits per heavy atom. The molecule has 0 radical (unpaired) electrons. The summed E-state index contributed by atoms with van der Waals surface area (Å²) in [5.74, 6) is 0. The minimum absolute atomic E-state index is 0.0355. The molecule has 0 saturated heterocycles. The first-order valence-corrected chi connectivity index (χ1v) is 4.62. The van der Waals surface area contributed by atoms with Gasteiger partial charge in [-0.3, -0.25) is 0 Å². The largest absolute Gasteiger partial charge is 0.393 e. The van der Waals surface area contributed by atoms with Gasteiger partial charge in [0.05, 0.1) is 6.42 Å². The van der Waals surface area contributed by atoms with E-state index in [0.29, 0.717) is 0 Å². The zero-order valence-electron chi connectivity index (χ0n) is 6.78. The van der Waals surface area contributed by atoms with Crippen molar-refractivity contribution in [2.75, 3.05) is 0 Å². The molecule has 1 atom stereocenters. The third-order valence-electron chi connectivity index (χ3n) is 1.38. The molecule has 0 saturated carbocycles. The summed E-state index contributed by atoms with van der Waals surface area (Å²) >= 11 is -2.25. The predicted molar refractivity (Wildman–Crippen MR) is 43.0 cm³/mol. The van der Waals surface area contributed by atoms with Crippen LogP contribution in [-0.4, -0.2) is 19.9 Å². The van der Waals surface area contributed by atoms with E-state index >= 15 is 0 Å². The van der Waals surface area contributed by atoms with Crippen molar-refractivity contribution in [3.8, 4) is 0 Å². The summed E-state index contributed by atoms with van der Waals surface area (Å²) in [7, 11) is 0. The SMILES string of the molecule is O=S(O)c1ccc(CC(F)(F)F)cn1. The first-order chi connectivity index (χ1) is 6.38. The Hall–Kier alpha value is -0.950. The fourth-order valence-electron chi connectivity index (χ4n) is 0.850. The molecule has 1 aromatic rings. The minimum atomic E-state index is -4.29. The molecule has 3 nitrogen and oxygen atoms in total. The van der Waals surface area contributed by atoms with Crippen LogP contribution in [0.1, 0.15) is 5.56 Å². The van der Waals surface area contributed by atoms with E-state index in [4.69, 9.17) is 4.55 Å². The van der Waals surface area contributed by atoms with Gasteiger partial charge >= 0.3 is 6.18 Å². The lowest BCUT2D eigenvalue weighted by molar-refractivity contribution is -0.127. The average Bonchev–Trinajstić information content (AvgIpc) is 2.02. The summed E-state index contributed by atoms with van der Waals surface area (Å²) in [6.45, 7) is 0. The molecule has 0 amide bonds. The quantitative estimate of drug-likeness (QED) is 0.780. The van der Waals surface area contributed by atoms with E-state index in [-0.39, 0.29) is 10.6 Å². The van der Waals surface area contributed by atoms with Crippen molar-refractivity contribution in [3.05, 3.63) is 23.9 Å². The van der Waals surface area contributed by atoms with E-state index in [1.54, 1.807) is 0 Å². The maximum absolute atomic E-state index is 11.9. The van der Waals surface area contributed by atoms with Crippen LogP contribution in [0.2, 0.25) is 0 Å². The molecule has 1 aromatic heterocycles. The molecule has 0 fully saturated rings. The van der Waals surface area contributed by atoms with Gasteiger partial charge in [0.1, 0.15) is 0 Å². The number of rotatable bonds is 2. The molecule has 14 heavy (non-hydrogen) atoms. The topological polar surface area (TPSA) is 50.2 Å². The van der Waals surface area contributed by atoms with E-state index in [2.05, 4.69) is 4.98 Å². The van der Waals surface area contributed by atoms with Crippen molar-refractivity contribution in [1.82, 2.24) is 4.98 Å². The number of aromatic nitrogens is 1. The number of hydrogen-bond acceptors (Lipinski definition) is 2. The Balaban J connectivity index is 2.79. The number of alkyl halides is 3. The van der Waals surface area contributed by atoms with Gasteiger partial charge in [-0.25, -0.2) is 9.19 Å². The van der Waals surface area contributed by atoms with E-state index in [9.17, 15) is 17.4 Å². The Bertz CT molecular complexity index is 336. The van der Waals surface area contributed by atoms with Crippen LogP contribution in [-0.2, 0) is 17.5 Å². The molecule has 0 aliphatic carbocycles. The van der Waals surface area contributed by atoms with E-state index in [0.717, 1.165) is 18.3 Å². The number of hydrogen-bond donors (Lipinski definition) is 1. The summed E-state index contributed by atoms with van der Waals surface area (Å²) in [5.41, 5.74) is -0.0355. The molecular formula is C7H6F3NO2S. The molecule has 0 bridgehead atoms. The molecule has 1 unspecified atom stereocenters. The van der Waals surface area contributed by atoms with Crippen LogP contribution in [0.4, 0.5) is 13.2 Å². The van der Waals surface area contributed by atoms with Gasteiger partial charge in [0.15, 0.2) is 5.03 Å². The second-order valence-corrected chi connectivity index (χ2v) is 3.46. The monoisotopic (exact) mass is 225 g/mol. The number of halogens is 3. The summed E-state index contributed by atoms with van der Waals surface area (Å²) in [5, 5.41) is -0.157. The van der Waals surface area contributed by atoms with Gasteiger partial charge in [-0.15, -0.1) is 0 Å². The first kappa shape index (κ1) is 11.1. The molecule has 0 aliphatic rings. The zero-order chi connectivity index (χ0) is 10.8. The molecule has 7 heteroatoms. The van der Waals surface area contributed by atoms with Gasteiger partial charge in [-0.05, 0) is 11.6 Å². The molecule has 0 aromatic carbocycles. The lowest BCUT2D eigenvalue weighted by Gasteiger charge is -2.05. The summed E-state index contributed by atoms with van der Waals surface area (Å²) in [6, 6.07) is 2.22. The fourth-order valence-corrected chi connectivity index (χ4v) is 1.18. The van der Waals surface area contributed by atoms with Crippen molar-refractivity contribution < 1.29 is 21.9 Å². The van der Waals surface area contributed by atoms with Crippen LogP contribution in [0.3, 0.4) is 0 Å². The average molecular weight is 225 g/mol. The summed E-state index contributed by atoms with van der Waals surface area (Å²) in [6.07, 6.45) is -4.43.